The standard InChI is InChI=1S/C22H28N4O6/c1-14-5-2-3-7-16(14)11-24-10-15-6-4-8-19(28)26(12-15,22(23)31)13-18(27)25-17-9-20(29)32-21(17)30/h2-3,5-7,17,21,24,30H,4,8-13H2,1H3,(H2-,23,25,27,31)/p+1/t17?,21?,26-/m1/s1. The summed E-state index contributed by atoms with van der Waals surface area (Å²) >= 11 is 0. The fourth-order valence-corrected chi connectivity index (χ4v) is 4.00. The van der Waals surface area contributed by atoms with Crippen LogP contribution in [0.1, 0.15) is 30.4 Å². The van der Waals surface area contributed by atoms with Gasteiger partial charge in [-0.3, -0.25) is 9.59 Å². The lowest BCUT2D eigenvalue weighted by atomic mass is 10.1. The van der Waals surface area contributed by atoms with E-state index in [2.05, 4.69) is 15.4 Å². The molecule has 4 amide bonds. The molecule has 1 saturated heterocycles. The first-order valence-electron chi connectivity index (χ1n) is 10.5. The Morgan fingerprint density at radius 2 is 2.00 bits per heavy atom. The van der Waals surface area contributed by atoms with Crippen LogP contribution in [-0.4, -0.2) is 65.4 Å². The summed E-state index contributed by atoms with van der Waals surface area (Å²) < 4.78 is 3.76. The molecule has 0 aliphatic carbocycles. The highest BCUT2D eigenvalue weighted by Gasteiger charge is 2.47. The van der Waals surface area contributed by atoms with Crippen LogP contribution in [0.25, 0.3) is 0 Å². The zero-order valence-electron chi connectivity index (χ0n) is 18.0. The van der Waals surface area contributed by atoms with E-state index in [-0.39, 0.29) is 19.4 Å². The molecule has 3 rings (SSSR count). The van der Waals surface area contributed by atoms with E-state index in [0.717, 1.165) is 16.7 Å². The molecule has 2 aliphatic rings. The summed E-state index contributed by atoms with van der Waals surface area (Å²) in [5.41, 5.74) is 8.72. The molecule has 3 atom stereocenters. The number of esters is 1. The van der Waals surface area contributed by atoms with E-state index in [4.69, 9.17) is 5.73 Å². The van der Waals surface area contributed by atoms with Crippen molar-refractivity contribution in [1.82, 2.24) is 10.6 Å². The van der Waals surface area contributed by atoms with E-state index in [9.17, 15) is 24.3 Å². The minimum absolute atomic E-state index is 0.0228. The van der Waals surface area contributed by atoms with Gasteiger partial charge in [0.25, 0.3) is 5.91 Å². The Bertz CT molecular complexity index is 946. The number of urea groups is 1. The summed E-state index contributed by atoms with van der Waals surface area (Å²) in [6.07, 6.45) is 0.765. The smallest absolute Gasteiger partial charge is 0.422 e. The molecule has 2 unspecified atom stereocenters. The number of allylic oxidation sites excluding steroid dienone is 1. The zero-order chi connectivity index (χ0) is 23.3. The van der Waals surface area contributed by atoms with Gasteiger partial charge in [-0.2, -0.15) is 4.48 Å². The maximum atomic E-state index is 12.9. The summed E-state index contributed by atoms with van der Waals surface area (Å²) in [4.78, 5) is 49.2. The number of hydrogen-bond donors (Lipinski definition) is 4. The molecule has 172 valence electrons. The van der Waals surface area contributed by atoms with Gasteiger partial charge in [-0.15, -0.1) is 0 Å². The van der Waals surface area contributed by atoms with Crippen LogP contribution in [0, 0.1) is 6.92 Å². The van der Waals surface area contributed by atoms with Crippen molar-refractivity contribution in [3.8, 4) is 0 Å². The minimum Gasteiger partial charge on any atom is -0.434 e. The molecule has 1 aromatic carbocycles. The first-order valence-corrected chi connectivity index (χ1v) is 10.5. The van der Waals surface area contributed by atoms with Crippen molar-refractivity contribution in [3.05, 3.63) is 47.0 Å². The number of nitrogens with one attached hydrogen (secondary N) is 2. The van der Waals surface area contributed by atoms with E-state index in [1.807, 2.05) is 37.3 Å². The highest BCUT2D eigenvalue weighted by molar-refractivity contribution is 5.89. The molecular weight excluding hydrogens is 416 g/mol. The van der Waals surface area contributed by atoms with E-state index < -0.39 is 47.2 Å². The largest absolute Gasteiger partial charge is 0.434 e. The number of cyclic esters (lactones) is 1. The highest BCUT2D eigenvalue weighted by atomic mass is 16.6. The number of hydrogen-bond acceptors (Lipinski definition) is 7. The molecule has 0 radical (unpaired) electrons. The quantitative estimate of drug-likeness (QED) is 0.262. The molecule has 10 nitrogen and oxygen atoms in total. The molecule has 0 bridgehead atoms. The number of primary amides is 1. The first kappa shape index (κ1) is 23.6. The number of benzene rings is 1. The lowest BCUT2D eigenvalue weighted by molar-refractivity contribution is -0.758. The number of carbonyl (C=O) groups is 4. The Morgan fingerprint density at radius 3 is 2.66 bits per heavy atom. The van der Waals surface area contributed by atoms with Crippen LogP contribution in [0.5, 0.6) is 0 Å². The van der Waals surface area contributed by atoms with E-state index in [1.165, 1.54) is 0 Å². The van der Waals surface area contributed by atoms with E-state index >= 15 is 0 Å². The summed E-state index contributed by atoms with van der Waals surface area (Å²) in [7, 11) is 0. The zero-order valence-corrected chi connectivity index (χ0v) is 18.0. The second-order valence-corrected chi connectivity index (χ2v) is 8.21. The Hall–Kier alpha value is -3.08. The average Bonchev–Trinajstić information content (AvgIpc) is 2.94. The van der Waals surface area contributed by atoms with Crippen LogP contribution < -0.4 is 16.4 Å². The maximum absolute atomic E-state index is 12.9. The van der Waals surface area contributed by atoms with Gasteiger partial charge in [0.05, 0.1) is 12.8 Å². The van der Waals surface area contributed by atoms with Crippen molar-refractivity contribution in [3.63, 3.8) is 0 Å². The van der Waals surface area contributed by atoms with Crippen LogP contribution in [-0.2, 0) is 25.7 Å². The summed E-state index contributed by atoms with van der Waals surface area (Å²) in [6.45, 7) is 2.53. The maximum Gasteiger partial charge on any atom is 0.422 e. The average molecular weight is 445 g/mol. The third kappa shape index (κ3) is 5.39. The highest BCUT2D eigenvalue weighted by Crippen LogP contribution is 2.21. The number of amides is 4. The number of nitrogens with zero attached hydrogens (tertiary/aromatic N) is 1. The Morgan fingerprint density at radius 1 is 1.25 bits per heavy atom. The van der Waals surface area contributed by atoms with Crippen LogP contribution in [0.15, 0.2) is 35.9 Å². The van der Waals surface area contributed by atoms with Crippen molar-refractivity contribution in [2.45, 2.75) is 45.1 Å². The third-order valence-corrected chi connectivity index (χ3v) is 5.84. The van der Waals surface area contributed by atoms with Crippen molar-refractivity contribution in [2.24, 2.45) is 5.73 Å². The van der Waals surface area contributed by atoms with Gasteiger partial charge in [0.15, 0.2) is 6.54 Å². The van der Waals surface area contributed by atoms with Gasteiger partial charge in [-0.25, -0.2) is 9.59 Å². The van der Waals surface area contributed by atoms with Gasteiger partial charge in [0.1, 0.15) is 12.6 Å². The number of ether oxygens (including phenoxy) is 1. The summed E-state index contributed by atoms with van der Waals surface area (Å²) in [5.74, 6) is -1.76. The predicted octanol–water partition coefficient (Wildman–Crippen LogP) is -0.0230. The molecule has 2 aliphatic heterocycles. The molecule has 1 fully saturated rings. The molecule has 32 heavy (non-hydrogen) atoms. The number of nitrogens with two attached hydrogens (primary N) is 1. The topological polar surface area (TPSA) is 148 Å². The van der Waals surface area contributed by atoms with Crippen LogP contribution in [0.3, 0.4) is 0 Å². The molecule has 0 aromatic heterocycles. The molecule has 1 aromatic rings. The SMILES string of the molecule is Cc1ccccc1CNCC1=CCCC(=O)[N@@+](CC(=O)NC2CC(=O)OC2O)(C(N)=O)C1. The second-order valence-electron chi connectivity index (χ2n) is 8.21. The number of aliphatic hydroxyl groups is 1. The predicted molar refractivity (Wildman–Crippen MR) is 113 cm³/mol. The Kier molecular flexibility index (Phi) is 7.39. The van der Waals surface area contributed by atoms with E-state index in [1.54, 1.807) is 0 Å². The lowest BCUT2D eigenvalue weighted by Gasteiger charge is -2.31. The fourth-order valence-electron chi connectivity index (χ4n) is 4.00. The Labute approximate surface area is 186 Å². The monoisotopic (exact) mass is 445 g/mol. The lowest BCUT2D eigenvalue weighted by Crippen LogP contribution is -2.64. The second kappa shape index (κ2) is 10.0. The minimum atomic E-state index is -1.46. The molecule has 0 spiro atoms. The first-order chi connectivity index (χ1) is 15.2. The van der Waals surface area contributed by atoms with Crippen molar-refractivity contribution >= 4 is 23.8 Å². The molecule has 0 saturated carbocycles. The summed E-state index contributed by atoms with van der Waals surface area (Å²) in [5, 5.41) is 15.5. The molecule has 5 N–H and O–H groups in total. The van der Waals surface area contributed by atoms with Gasteiger partial charge in [-0.05, 0) is 30.0 Å². The van der Waals surface area contributed by atoms with Crippen molar-refractivity contribution in [2.75, 3.05) is 19.6 Å². The number of rotatable bonds is 7. The number of carbonyl (C=O) groups excluding carboxylic acids is 4. The van der Waals surface area contributed by atoms with E-state index in [0.29, 0.717) is 19.5 Å². The molecule has 2 heterocycles. The van der Waals surface area contributed by atoms with Gasteiger partial charge in [0.2, 0.25) is 6.29 Å². The molecular formula is C22H29N4O6+. The van der Waals surface area contributed by atoms with Crippen LogP contribution >= 0.6 is 0 Å². The molecule has 10 heteroatoms. The number of aryl methyl sites for hydroxylation is 1. The van der Waals surface area contributed by atoms with Gasteiger partial charge < -0.3 is 26.2 Å². The van der Waals surface area contributed by atoms with Crippen LogP contribution in [0.4, 0.5) is 4.79 Å². The van der Waals surface area contributed by atoms with Gasteiger partial charge >= 0.3 is 17.9 Å². The van der Waals surface area contributed by atoms with Crippen molar-refractivity contribution < 1.29 is 33.5 Å². The number of aliphatic hydroxyl groups excluding tert-OH is 1. The van der Waals surface area contributed by atoms with Gasteiger partial charge in [0, 0.05) is 13.1 Å². The fraction of sp³-hybridized carbons (Fsp3) is 0.455. The third-order valence-electron chi connectivity index (χ3n) is 5.84. The Balaban J connectivity index is 1.68. The van der Waals surface area contributed by atoms with Crippen LogP contribution in [0.2, 0.25) is 0 Å². The van der Waals surface area contributed by atoms with Crippen molar-refractivity contribution in [1.29, 1.82) is 0 Å². The summed E-state index contributed by atoms with van der Waals surface area (Å²) in [6, 6.07) is 6.11. The number of imide groups is 1. The number of quaternary nitrogens is 1. The normalized spacial score (nSPS) is 25.6. The van der Waals surface area contributed by atoms with Gasteiger partial charge in [-0.1, -0.05) is 30.3 Å².